The van der Waals surface area contributed by atoms with Crippen molar-refractivity contribution in [1.29, 1.82) is 0 Å². The van der Waals surface area contributed by atoms with Gasteiger partial charge < -0.3 is 9.88 Å². The highest BCUT2D eigenvalue weighted by Gasteiger charge is 2.32. The maximum atomic E-state index is 12.8. The molecule has 0 bridgehead atoms. The minimum absolute atomic E-state index is 0.132. The van der Waals surface area contributed by atoms with Gasteiger partial charge in [0.2, 0.25) is 0 Å². The Morgan fingerprint density at radius 1 is 1.35 bits per heavy atom. The van der Waals surface area contributed by atoms with Crippen LogP contribution < -0.4 is 0 Å². The van der Waals surface area contributed by atoms with Crippen molar-refractivity contribution in [3.63, 3.8) is 0 Å². The van der Waals surface area contributed by atoms with Crippen LogP contribution in [0, 0.1) is 11.8 Å². The maximum Gasteiger partial charge on any atom is 0.254 e. The first-order chi connectivity index (χ1) is 9.56. The SMILES string of the molecule is CC1CC(C)C(C)N(C(=O)c2ccc3nc[nH]c3c2)C1. The largest absolute Gasteiger partial charge is 0.345 e. The van der Waals surface area contributed by atoms with Gasteiger partial charge in [-0.2, -0.15) is 0 Å². The summed E-state index contributed by atoms with van der Waals surface area (Å²) in [6.45, 7) is 7.47. The Morgan fingerprint density at radius 3 is 2.95 bits per heavy atom. The van der Waals surface area contributed by atoms with Gasteiger partial charge in [0.05, 0.1) is 17.4 Å². The van der Waals surface area contributed by atoms with E-state index in [1.807, 2.05) is 23.1 Å². The number of piperidine rings is 1. The van der Waals surface area contributed by atoms with Gasteiger partial charge in [-0.05, 0) is 43.4 Å². The lowest BCUT2D eigenvalue weighted by Crippen LogP contribution is -2.48. The van der Waals surface area contributed by atoms with Crippen LogP contribution in [0.15, 0.2) is 24.5 Å². The smallest absolute Gasteiger partial charge is 0.254 e. The molecule has 4 heteroatoms. The zero-order valence-electron chi connectivity index (χ0n) is 12.3. The molecule has 3 unspecified atom stereocenters. The molecule has 2 heterocycles. The summed E-state index contributed by atoms with van der Waals surface area (Å²) in [5.74, 6) is 1.26. The molecule has 1 amide bonds. The highest BCUT2D eigenvalue weighted by Crippen LogP contribution is 2.28. The number of hydrogen-bond acceptors (Lipinski definition) is 2. The van der Waals surface area contributed by atoms with E-state index in [1.165, 1.54) is 6.42 Å². The van der Waals surface area contributed by atoms with Gasteiger partial charge in [-0.25, -0.2) is 4.98 Å². The van der Waals surface area contributed by atoms with Gasteiger partial charge in [0.15, 0.2) is 0 Å². The molecule has 1 aromatic carbocycles. The van der Waals surface area contributed by atoms with Gasteiger partial charge in [-0.1, -0.05) is 13.8 Å². The van der Waals surface area contributed by atoms with Crippen molar-refractivity contribution in [3.05, 3.63) is 30.1 Å². The van der Waals surface area contributed by atoms with Crippen LogP contribution in [0.5, 0.6) is 0 Å². The number of nitrogens with one attached hydrogen (secondary N) is 1. The number of aromatic nitrogens is 2. The fourth-order valence-corrected chi connectivity index (χ4v) is 3.22. The molecule has 4 nitrogen and oxygen atoms in total. The predicted octanol–water partition coefficient (Wildman–Crippen LogP) is 3.07. The normalized spacial score (nSPS) is 26.9. The second-order valence-electron chi connectivity index (χ2n) is 6.15. The highest BCUT2D eigenvalue weighted by molar-refractivity contribution is 5.97. The molecule has 0 radical (unpaired) electrons. The number of aromatic amines is 1. The second kappa shape index (κ2) is 4.93. The number of carbonyl (C=O) groups is 1. The standard InChI is InChI=1S/C16H21N3O/c1-10-6-11(2)12(3)19(8-10)16(20)13-4-5-14-15(7-13)18-9-17-14/h4-5,7,9-12H,6,8H2,1-3H3,(H,17,18). The molecular formula is C16H21N3O. The number of nitrogens with zero attached hydrogens (tertiary/aromatic N) is 2. The number of hydrogen-bond donors (Lipinski definition) is 1. The number of fused-ring (bicyclic) bond motifs is 1. The molecule has 1 aliphatic heterocycles. The lowest BCUT2D eigenvalue weighted by Gasteiger charge is -2.41. The van der Waals surface area contributed by atoms with E-state index in [4.69, 9.17) is 0 Å². The predicted molar refractivity (Wildman–Crippen MR) is 79.5 cm³/mol. The Labute approximate surface area is 119 Å². The molecule has 1 fully saturated rings. The average Bonchev–Trinajstić information content (AvgIpc) is 2.89. The molecule has 1 N–H and O–H groups in total. The Morgan fingerprint density at radius 2 is 2.15 bits per heavy atom. The molecular weight excluding hydrogens is 250 g/mol. The van der Waals surface area contributed by atoms with E-state index in [-0.39, 0.29) is 5.91 Å². The van der Waals surface area contributed by atoms with Crippen molar-refractivity contribution < 1.29 is 4.79 Å². The Balaban J connectivity index is 1.90. The Hall–Kier alpha value is -1.84. The first-order valence-electron chi connectivity index (χ1n) is 7.30. The molecule has 1 aromatic heterocycles. The Bertz CT molecular complexity index is 633. The van der Waals surface area contributed by atoms with Crippen LogP contribution in [0.4, 0.5) is 0 Å². The minimum atomic E-state index is 0.132. The van der Waals surface area contributed by atoms with Crippen molar-refractivity contribution in [2.24, 2.45) is 11.8 Å². The summed E-state index contributed by atoms with van der Waals surface area (Å²) in [4.78, 5) is 22.0. The summed E-state index contributed by atoms with van der Waals surface area (Å²) in [6, 6.07) is 5.99. The van der Waals surface area contributed by atoms with Crippen LogP contribution in [0.2, 0.25) is 0 Å². The quantitative estimate of drug-likeness (QED) is 0.866. The summed E-state index contributed by atoms with van der Waals surface area (Å²) in [5, 5.41) is 0. The van der Waals surface area contributed by atoms with Gasteiger partial charge in [0, 0.05) is 18.2 Å². The molecule has 106 valence electrons. The van der Waals surface area contributed by atoms with Crippen molar-refractivity contribution in [2.75, 3.05) is 6.54 Å². The van der Waals surface area contributed by atoms with E-state index in [9.17, 15) is 4.79 Å². The number of benzene rings is 1. The van der Waals surface area contributed by atoms with Crippen LogP contribution >= 0.6 is 0 Å². The van der Waals surface area contributed by atoms with Crippen LogP contribution in [0.1, 0.15) is 37.6 Å². The van der Waals surface area contributed by atoms with E-state index in [0.29, 0.717) is 17.9 Å². The van der Waals surface area contributed by atoms with E-state index in [2.05, 4.69) is 30.7 Å². The van der Waals surface area contributed by atoms with Gasteiger partial charge in [0.1, 0.15) is 0 Å². The Kier molecular flexibility index (Phi) is 3.24. The number of H-pyrrole nitrogens is 1. The van der Waals surface area contributed by atoms with Crippen LogP contribution in [-0.4, -0.2) is 33.4 Å². The van der Waals surface area contributed by atoms with E-state index in [1.54, 1.807) is 6.33 Å². The zero-order chi connectivity index (χ0) is 14.3. The number of rotatable bonds is 1. The molecule has 3 rings (SSSR count). The molecule has 0 spiro atoms. The highest BCUT2D eigenvalue weighted by atomic mass is 16.2. The fourth-order valence-electron chi connectivity index (χ4n) is 3.22. The van der Waals surface area contributed by atoms with Gasteiger partial charge in [0.25, 0.3) is 5.91 Å². The van der Waals surface area contributed by atoms with Crippen LogP contribution in [-0.2, 0) is 0 Å². The minimum Gasteiger partial charge on any atom is -0.345 e. The molecule has 20 heavy (non-hydrogen) atoms. The molecule has 0 saturated carbocycles. The summed E-state index contributed by atoms with van der Waals surface area (Å²) in [5.41, 5.74) is 2.56. The second-order valence-corrected chi connectivity index (χ2v) is 6.15. The van der Waals surface area contributed by atoms with E-state index < -0.39 is 0 Å². The molecule has 3 atom stereocenters. The zero-order valence-corrected chi connectivity index (χ0v) is 12.3. The van der Waals surface area contributed by atoms with Gasteiger partial charge in [-0.3, -0.25) is 4.79 Å². The first-order valence-corrected chi connectivity index (χ1v) is 7.30. The summed E-state index contributed by atoms with van der Waals surface area (Å²) in [6.07, 6.45) is 2.86. The van der Waals surface area contributed by atoms with Gasteiger partial charge >= 0.3 is 0 Å². The van der Waals surface area contributed by atoms with Crippen molar-refractivity contribution in [2.45, 2.75) is 33.2 Å². The van der Waals surface area contributed by atoms with Crippen molar-refractivity contribution in [3.8, 4) is 0 Å². The van der Waals surface area contributed by atoms with E-state index >= 15 is 0 Å². The fraction of sp³-hybridized carbons (Fsp3) is 0.500. The van der Waals surface area contributed by atoms with Gasteiger partial charge in [-0.15, -0.1) is 0 Å². The third kappa shape index (κ3) is 2.19. The molecule has 1 aliphatic rings. The lowest BCUT2D eigenvalue weighted by molar-refractivity contribution is 0.0456. The van der Waals surface area contributed by atoms with Crippen molar-refractivity contribution >= 4 is 16.9 Å². The summed E-state index contributed by atoms with van der Waals surface area (Å²) in [7, 11) is 0. The number of carbonyl (C=O) groups excluding carboxylic acids is 1. The first kappa shape index (κ1) is 13.2. The maximum absolute atomic E-state index is 12.8. The van der Waals surface area contributed by atoms with Crippen LogP contribution in [0.25, 0.3) is 11.0 Å². The molecule has 0 aliphatic carbocycles. The third-order valence-corrected chi connectivity index (χ3v) is 4.53. The number of likely N-dealkylation sites (tertiary alicyclic amines) is 1. The monoisotopic (exact) mass is 271 g/mol. The third-order valence-electron chi connectivity index (χ3n) is 4.53. The van der Waals surface area contributed by atoms with E-state index in [0.717, 1.165) is 23.1 Å². The molecule has 1 saturated heterocycles. The average molecular weight is 271 g/mol. The van der Waals surface area contributed by atoms with Crippen LogP contribution in [0.3, 0.4) is 0 Å². The summed E-state index contributed by atoms with van der Waals surface area (Å²) >= 11 is 0. The number of amides is 1. The lowest BCUT2D eigenvalue weighted by atomic mass is 9.85. The molecule has 2 aromatic rings. The number of imidazole rings is 1. The summed E-state index contributed by atoms with van der Waals surface area (Å²) < 4.78 is 0. The topological polar surface area (TPSA) is 49.0 Å². The van der Waals surface area contributed by atoms with Crippen molar-refractivity contribution in [1.82, 2.24) is 14.9 Å².